The molecule has 2 rings (SSSR count). The highest BCUT2D eigenvalue weighted by molar-refractivity contribution is 14.0. The van der Waals surface area contributed by atoms with Gasteiger partial charge >= 0.3 is 0 Å². The Morgan fingerprint density at radius 3 is 2.63 bits per heavy atom. The first kappa shape index (κ1) is 23.7. The lowest BCUT2D eigenvalue weighted by molar-refractivity contribution is -0.121. The Morgan fingerprint density at radius 1 is 1.22 bits per heavy atom. The van der Waals surface area contributed by atoms with Gasteiger partial charge in [0.25, 0.3) is 0 Å². The van der Waals surface area contributed by atoms with Gasteiger partial charge in [0.15, 0.2) is 5.96 Å². The summed E-state index contributed by atoms with van der Waals surface area (Å²) in [6.45, 7) is 5.71. The number of rotatable bonds is 7. The minimum atomic E-state index is 0. The Labute approximate surface area is 181 Å². The lowest BCUT2D eigenvalue weighted by atomic mass is 9.95. The maximum atomic E-state index is 12.1. The number of carbonyl (C=O) groups is 1. The monoisotopic (exact) mass is 486 g/mol. The maximum absolute atomic E-state index is 12.1. The Kier molecular flexibility index (Phi) is 11.4. The highest BCUT2D eigenvalue weighted by atomic mass is 127. The van der Waals surface area contributed by atoms with Gasteiger partial charge in [-0.15, -0.1) is 24.0 Å². The molecular weight excluding hydrogens is 451 g/mol. The van der Waals surface area contributed by atoms with E-state index in [1.807, 2.05) is 0 Å². The molecule has 1 atom stereocenters. The molecule has 3 N–H and O–H groups in total. The van der Waals surface area contributed by atoms with Gasteiger partial charge in [0.05, 0.1) is 0 Å². The van der Waals surface area contributed by atoms with E-state index in [1.54, 1.807) is 7.05 Å². The molecule has 0 radical (unpaired) electrons. The van der Waals surface area contributed by atoms with E-state index in [0.29, 0.717) is 24.9 Å². The molecule has 6 heteroatoms. The Balaban J connectivity index is 0.00000364. The minimum Gasteiger partial charge on any atom is -0.356 e. The van der Waals surface area contributed by atoms with Crippen molar-refractivity contribution in [2.45, 2.75) is 64.3 Å². The quantitative estimate of drug-likeness (QED) is 0.313. The first-order chi connectivity index (χ1) is 12.6. The number of benzene rings is 1. The number of amides is 1. The van der Waals surface area contributed by atoms with Gasteiger partial charge in [-0.3, -0.25) is 9.79 Å². The fraction of sp³-hybridized carbons (Fsp3) is 0.619. The van der Waals surface area contributed by atoms with Gasteiger partial charge in [-0.05, 0) is 31.2 Å². The number of aliphatic imine (C=N–C) groups is 1. The number of guanidine groups is 1. The molecule has 1 aromatic rings. The van der Waals surface area contributed by atoms with Crippen molar-refractivity contribution in [1.29, 1.82) is 0 Å². The number of nitrogens with one attached hydrogen (secondary N) is 3. The van der Waals surface area contributed by atoms with Crippen molar-refractivity contribution < 1.29 is 4.79 Å². The van der Waals surface area contributed by atoms with E-state index in [1.165, 1.54) is 30.4 Å². The van der Waals surface area contributed by atoms with Crippen molar-refractivity contribution in [2.75, 3.05) is 20.1 Å². The van der Waals surface area contributed by atoms with E-state index in [4.69, 9.17) is 0 Å². The number of hydrogen-bond acceptors (Lipinski definition) is 2. The number of carbonyl (C=O) groups excluding carboxylic acids is 1. The molecule has 1 fully saturated rings. The van der Waals surface area contributed by atoms with Crippen LogP contribution in [-0.2, 0) is 4.79 Å². The van der Waals surface area contributed by atoms with Gasteiger partial charge in [-0.2, -0.15) is 0 Å². The summed E-state index contributed by atoms with van der Waals surface area (Å²) in [7, 11) is 1.76. The molecule has 152 valence electrons. The molecule has 1 saturated carbocycles. The Bertz CT molecular complexity index is 600. The summed E-state index contributed by atoms with van der Waals surface area (Å²) in [6, 6.07) is 8.97. The fourth-order valence-electron chi connectivity index (χ4n) is 3.41. The lowest BCUT2D eigenvalue weighted by Crippen LogP contribution is -2.42. The largest absolute Gasteiger partial charge is 0.356 e. The third kappa shape index (κ3) is 8.95. The first-order valence-corrected chi connectivity index (χ1v) is 9.89. The van der Waals surface area contributed by atoms with E-state index in [2.05, 4.69) is 59.1 Å². The van der Waals surface area contributed by atoms with Crippen LogP contribution in [-0.4, -0.2) is 38.0 Å². The van der Waals surface area contributed by atoms with Gasteiger partial charge in [-0.25, -0.2) is 0 Å². The van der Waals surface area contributed by atoms with Crippen LogP contribution in [0.5, 0.6) is 0 Å². The van der Waals surface area contributed by atoms with E-state index >= 15 is 0 Å². The van der Waals surface area contributed by atoms with Crippen molar-refractivity contribution in [3.63, 3.8) is 0 Å². The van der Waals surface area contributed by atoms with Crippen molar-refractivity contribution in [2.24, 2.45) is 4.99 Å². The molecule has 1 aliphatic rings. The van der Waals surface area contributed by atoms with Crippen LogP contribution in [0.15, 0.2) is 29.3 Å². The van der Waals surface area contributed by atoms with E-state index < -0.39 is 0 Å². The molecule has 1 unspecified atom stereocenters. The molecule has 0 aliphatic heterocycles. The molecule has 1 aliphatic carbocycles. The number of halogens is 1. The average molecular weight is 486 g/mol. The summed E-state index contributed by atoms with van der Waals surface area (Å²) in [5.74, 6) is 1.27. The zero-order valence-electron chi connectivity index (χ0n) is 16.9. The van der Waals surface area contributed by atoms with Crippen LogP contribution in [0.4, 0.5) is 0 Å². The molecule has 0 heterocycles. The van der Waals surface area contributed by atoms with Crippen molar-refractivity contribution in [1.82, 2.24) is 16.0 Å². The SMILES string of the molecule is CN=C(NCCC(=O)NC1CCCCC1)NCC(C)c1cccc(C)c1.I. The second-order valence-electron chi connectivity index (χ2n) is 7.35. The third-order valence-corrected chi connectivity index (χ3v) is 5.03. The molecular formula is C21H35IN4O. The molecule has 5 nitrogen and oxygen atoms in total. The standard InChI is InChI=1S/C21H34N4O.HI/c1-16-8-7-9-18(14-16)17(2)15-24-21(22-3)23-13-12-20(26)25-19-10-5-4-6-11-19;/h7-9,14,17,19H,4-6,10-13,15H2,1-3H3,(H,25,26)(H2,22,23,24);1H. The number of nitrogens with zero attached hydrogens (tertiary/aromatic N) is 1. The molecule has 27 heavy (non-hydrogen) atoms. The topological polar surface area (TPSA) is 65.5 Å². The summed E-state index contributed by atoms with van der Waals surface area (Å²) in [5.41, 5.74) is 2.60. The molecule has 0 aromatic heterocycles. The average Bonchev–Trinajstić information content (AvgIpc) is 2.65. The molecule has 0 spiro atoms. The van der Waals surface area contributed by atoms with E-state index in [-0.39, 0.29) is 29.9 Å². The van der Waals surface area contributed by atoms with Gasteiger partial charge in [0.1, 0.15) is 0 Å². The van der Waals surface area contributed by atoms with Crippen LogP contribution in [0.25, 0.3) is 0 Å². The van der Waals surface area contributed by atoms with Crippen molar-refractivity contribution in [3.8, 4) is 0 Å². The van der Waals surface area contributed by atoms with Gasteiger partial charge in [0.2, 0.25) is 5.91 Å². The van der Waals surface area contributed by atoms with E-state index in [9.17, 15) is 4.79 Å². The molecule has 1 amide bonds. The highest BCUT2D eigenvalue weighted by Gasteiger charge is 2.15. The predicted octanol–water partition coefficient (Wildman–Crippen LogP) is 3.72. The zero-order chi connectivity index (χ0) is 18.8. The summed E-state index contributed by atoms with van der Waals surface area (Å²) >= 11 is 0. The normalized spacial score (nSPS) is 16.2. The molecule has 1 aromatic carbocycles. The summed E-state index contributed by atoms with van der Waals surface area (Å²) in [5, 5.41) is 9.73. The van der Waals surface area contributed by atoms with Crippen LogP contribution in [0, 0.1) is 6.92 Å². The van der Waals surface area contributed by atoms with Gasteiger partial charge in [-0.1, -0.05) is 56.0 Å². The van der Waals surface area contributed by atoms with E-state index in [0.717, 1.165) is 25.3 Å². The van der Waals surface area contributed by atoms with Crippen molar-refractivity contribution >= 4 is 35.8 Å². The minimum absolute atomic E-state index is 0. The van der Waals surface area contributed by atoms with Crippen molar-refractivity contribution in [3.05, 3.63) is 35.4 Å². The van der Waals surface area contributed by atoms with Crippen LogP contribution in [0.1, 0.15) is 62.5 Å². The van der Waals surface area contributed by atoms with Crippen LogP contribution < -0.4 is 16.0 Å². The van der Waals surface area contributed by atoms with Gasteiger partial charge < -0.3 is 16.0 Å². The third-order valence-electron chi connectivity index (χ3n) is 5.03. The second-order valence-corrected chi connectivity index (χ2v) is 7.35. The summed E-state index contributed by atoms with van der Waals surface area (Å²) in [4.78, 5) is 16.3. The molecule has 0 bridgehead atoms. The smallest absolute Gasteiger partial charge is 0.221 e. The van der Waals surface area contributed by atoms with Crippen LogP contribution >= 0.6 is 24.0 Å². The molecule has 0 saturated heterocycles. The number of aryl methyl sites for hydroxylation is 1. The van der Waals surface area contributed by atoms with Gasteiger partial charge in [0, 0.05) is 32.6 Å². The Morgan fingerprint density at radius 2 is 1.96 bits per heavy atom. The second kappa shape index (κ2) is 13.0. The fourth-order valence-corrected chi connectivity index (χ4v) is 3.41. The first-order valence-electron chi connectivity index (χ1n) is 9.89. The van der Waals surface area contributed by atoms with Crippen LogP contribution in [0.3, 0.4) is 0 Å². The lowest BCUT2D eigenvalue weighted by Gasteiger charge is -2.23. The van der Waals surface area contributed by atoms with Crippen LogP contribution in [0.2, 0.25) is 0 Å². The zero-order valence-corrected chi connectivity index (χ0v) is 19.2. The predicted molar refractivity (Wildman–Crippen MR) is 124 cm³/mol. The maximum Gasteiger partial charge on any atom is 0.221 e. The Hall–Kier alpha value is -1.31. The summed E-state index contributed by atoms with van der Waals surface area (Å²) < 4.78 is 0. The summed E-state index contributed by atoms with van der Waals surface area (Å²) in [6.07, 6.45) is 6.50. The highest BCUT2D eigenvalue weighted by Crippen LogP contribution is 2.17. The number of hydrogen-bond donors (Lipinski definition) is 3.